The lowest BCUT2D eigenvalue weighted by Crippen LogP contribution is -2.50. The maximum Gasteiger partial charge on any atom is 0.410 e. The molecule has 21 heavy (non-hydrogen) atoms. The van der Waals surface area contributed by atoms with E-state index in [2.05, 4.69) is 9.88 Å². The van der Waals surface area contributed by atoms with E-state index in [1.165, 1.54) is 0 Å². The number of aromatic nitrogens is 1. The molecule has 118 valence electrons. The Hall–Kier alpha value is -1.30. The van der Waals surface area contributed by atoms with Crippen LogP contribution in [0.3, 0.4) is 0 Å². The van der Waals surface area contributed by atoms with Crippen LogP contribution in [0.25, 0.3) is 0 Å². The molecule has 0 unspecified atom stereocenters. The molecule has 1 aliphatic heterocycles. The number of likely N-dealkylation sites (N-methyl/N-ethyl adjacent to an activating group) is 1. The van der Waals surface area contributed by atoms with Gasteiger partial charge in [0.2, 0.25) is 0 Å². The van der Waals surface area contributed by atoms with Crippen molar-refractivity contribution >= 4 is 22.6 Å². The highest BCUT2D eigenvalue weighted by Crippen LogP contribution is 2.23. The number of anilines is 1. The maximum absolute atomic E-state index is 12.4. The van der Waals surface area contributed by atoms with Crippen LogP contribution in [0.1, 0.15) is 40.0 Å². The molecule has 0 aliphatic carbocycles. The van der Waals surface area contributed by atoms with Crippen molar-refractivity contribution < 1.29 is 9.53 Å². The van der Waals surface area contributed by atoms with Crippen molar-refractivity contribution in [2.75, 3.05) is 25.0 Å². The molecule has 1 aromatic rings. The molecule has 0 spiro atoms. The standard InChI is InChI=1S/C15H25N3O2S/c1-15(2,3)20-14(19)18-9-6-5-7-12(18)11-17(4)13-16-8-10-21-13/h8,10,12H,5-7,9,11H2,1-4H3/t12-/m1/s1. The third-order valence-electron chi connectivity index (χ3n) is 3.49. The molecular weight excluding hydrogens is 286 g/mol. The van der Waals surface area contributed by atoms with Gasteiger partial charge in [0.25, 0.3) is 0 Å². The first-order valence-corrected chi connectivity index (χ1v) is 8.35. The molecule has 1 atom stereocenters. The zero-order chi connectivity index (χ0) is 15.5. The Morgan fingerprint density at radius 2 is 2.29 bits per heavy atom. The Morgan fingerprint density at radius 1 is 1.52 bits per heavy atom. The van der Waals surface area contributed by atoms with E-state index in [9.17, 15) is 4.79 Å². The molecule has 1 aromatic heterocycles. The Balaban J connectivity index is 2.00. The largest absolute Gasteiger partial charge is 0.444 e. The number of likely N-dealkylation sites (tertiary alicyclic amines) is 1. The van der Waals surface area contributed by atoms with Gasteiger partial charge in [0.15, 0.2) is 5.13 Å². The van der Waals surface area contributed by atoms with Crippen LogP contribution >= 0.6 is 11.3 Å². The SMILES string of the molecule is CN(C[C@H]1CCCCN1C(=O)OC(C)(C)C)c1nccs1. The molecule has 6 heteroatoms. The summed E-state index contributed by atoms with van der Waals surface area (Å²) in [6.07, 6.45) is 4.85. The minimum absolute atomic E-state index is 0.195. The zero-order valence-corrected chi connectivity index (χ0v) is 14.2. The van der Waals surface area contributed by atoms with E-state index >= 15 is 0 Å². The molecule has 0 N–H and O–H groups in total. The van der Waals surface area contributed by atoms with Gasteiger partial charge >= 0.3 is 6.09 Å². The molecule has 1 aliphatic rings. The summed E-state index contributed by atoms with van der Waals surface area (Å²) in [6.45, 7) is 7.31. The highest BCUT2D eigenvalue weighted by atomic mass is 32.1. The second-order valence-corrected chi connectivity index (χ2v) is 7.39. The van der Waals surface area contributed by atoms with Crippen molar-refractivity contribution in [3.05, 3.63) is 11.6 Å². The van der Waals surface area contributed by atoms with Crippen molar-refractivity contribution in [3.63, 3.8) is 0 Å². The van der Waals surface area contributed by atoms with Crippen LogP contribution in [0.5, 0.6) is 0 Å². The van der Waals surface area contributed by atoms with E-state index < -0.39 is 5.60 Å². The summed E-state index contributed by atoms with van der Waals surface area (Å²) in [4.78, 5) is 20.7. The van der Waals surface area contributed by atoms with Gasteiger partial charge in [-0.2, -0.15) is 0 Å². The number of carbonyl (C=O) groups excluding carboxylic acids is 1. The van der Waals surface area contributed by atoms with Crippen LogP contribution in [-0.2, 0) is 4.74 Å². The highest BCUT2D eigenvalue weighted by molar-refractivity contribution is 7.13. The number of hydrogen-bond donors (Lipinski definition) is 0. The lowest BCUT2D eigenvalue weighted by atomic mass is 10.0. The van der Waals surface area contributed by atoms with Crippen molar-refractivity contribution in [1.29, 1.82) is 0 Å². The molecule has 0 aromatic carbocycles. The van der Waals surface area contributed by atoms with Gasteiger partial charge in [0.1, 0.15) is 5.60 Å². The van der Waals surface area contributed by atoms with Crippen molar-refractivity contribution in [2.24, 2.45) is 0 Å². The van der Waals surface area contributed by atoms with Crippen molar-refractivity contribution in [3.8, 4) is 0 Å². The van der Waals surface area contributed by atoms with E-state index in [0.717, 1.165) is 37.5 Å². The summed E-state index contributed by atoms with van der Waals surface area (Å²) >= 11 is 1.62. The molecule has 1 amide bonds. The van der Waals surface area contributed by atoms with E-state index in [4.69, 9.17) is 4.74 Å². The van der Waals surface area contributed by atoms with Gasteiger partial charge in [-0.05, 0) is 40.0 Å². The van der Waals surface area contributed by atoms with Crippen LogP contribution in [0.2, 0.25) is 0 Å². The normalized spacial score (nSPS) is 19.4. The van der Waals surface area contributed by atoms with E-state index in [0.29, 0.717) is 0 Å². The molecule has 0 saturated carbocycles. The Morgan fingerprint density at radius 3 is 2.90 bits per heavy atom. The van der Waals surface area contributed by atoms with E-state index in [1.807, 2.05) is 44.3 Å². The number of piperidine rings is 1. The maximum atomic E-state index is 12.4. The van der Waals surface area contributed by atoms with Crippen LogP contribution < -0.4 is 4.90 Å². The van der Waals surface area contributed by atoms with Gasteiger partial charge in [-0.25, -0.2) is 9.78 Å². The molecule has 0 radical (unpaired) electrons. The molecule has 2 rings (SSSR count). The van der Waals surface area contributed by atoms with Gasteiger partial charge in [0, 0.05) is 31.7 Å². The van der Waals surface area contributed by atoms with Gasteiger partial charge in [-0.15, -0.1) is 11.3 Å². The number of thiazole rings is 1. The van der Waals surface area contributed by atoms with Crippen LogP contribution in [0.4, 0.5) is 9.93 Å². The molecular formula is C15H25N3O2S. The summed E-state index contributed by atoms with van der Waals surface area (Å²) in [7, 11) is 2.03. The average Bonchev–Trinajstić information content (AvgIpc) is 2.91. The first kappa shape index (κ1) is 16.1. The smallest absolute Gasteiger partial charge is 0.410 e. The monoisotopic (exact) mass is 311 g/mol. The predicted molar refractivity (Wildman–Crippen MR) is 86.0 cm³/mol. The van der Waals surface area contributed by atoms with Crippen molar-refractivity contribution in [1.82, 2.24) is 9.88 Å². The van der Waals surface area contributed by atoms with Crippen LogP contribution in [0.15, 0.2) is 11.6 Å². The average molecular weight is 311 g/mol. The summed E-state index contributed by atoms with van der Waals surface area (Å²) in [5, 5.41) is 2.96. The molecule has 2 heterocycles. The molecule has 1 fully saturated rings. The van der Waals surface area contributed by atoms with Crippen molar-refractivity contribution in [2.45, 2.75) is 51.7 Å². The van der Waals surface area contributed by atoms with E-state index in [-0.39, 0.29) is 12.1 Å². The topological polar surface area (TPSA) is 45.7 Å². The van der Waals surface area contributed by atoms with Crippen LogP contribution in [0, 0.1) is 0 Å². The van der Waals surface area contributed by atoms with E-state index in [1.54, 1.807) is 11.3 Å². The van der Waals surface area contributed by atoms with Gasteiger partial charge in [-0.3, -0.25) is 0 Å². The third kappa shape index (κ3) is 4.59. The fourth-order valence-electron chi connectivity index (χ4n) is 2.55. The first-order valence-electron chi connectivity index (χ1n) is 7.47. The number of amides is 1. The van der Waals surface area contributed by atoms with Gasteiger partial charge < -0.3 is 14.5 Å². The molecule has 0 bridgehead atoms. The lowest BCUT2D eigenvalue weighted by molar-refractivity contribution is 0.0108. The van der Waals surface area contributed by atoms with Gasteiger partial charge in [0.05, 0.1) is 6.04 Å². The summed E-state index contributed by atoms with van der Waals surface area (Å²) in [6, 6.07) is 0.197. The predicted octanol–water partition coefficient (Wildman–Crippen LogP) is 3.37. The first-order chi connectivity index (χ1) is 9.87. The number of ether oxygens (including phenoxy) is 1. The molecule has 1 saturated heterocycles. The fourth-order valence-corrected chi connectivity index (χ4v) is 3.17. The summed E-state index contributed by atoms with van der Waals surface area (Å²) in [5.41, 5.74) is -0.444. The summed E-state index contributed by atoms with van der Waals surface area (Å²) in [5.74, 6) is 0. The Labute approximate surface area is 130 Å². The van der Waals surface area contributed by atoms with Gasteiger partial charge in [-0.1, -0.05) is 0 Å². The molecule has 5 nitrogen and oxygen atoms in total. The second kappa shape index (κ2) is 6.64. The number of rotatable bonds is 3. The summed E-state index contributed by atoms with van der Waals surface area (Å²) < 4.78 is 5.54. The lowest BCUT2D eigenvalue weighted by Gasteiger charge is -2.38. The minimum Gasteiger partial charge on any atom is -0.444 e. The second-order valence-electron chi connectivity index (χ2n) is 6.52. The van der Waals surface area contributed by atoms with Crippen LogP contribution in [-0.4, -0.2) is 47.8 Å². The Kier molecular flexibility index (Phi) is 5.08. The third-order valence-corrected chi connectivity index (χ3v) is 4.37. The quantitative estimate of drug-likeness (QED) is 0.858. The minimum atomic E-state index is -0.444. The fraction of sp³-hybridized carbons (Fsp3) is 0.733. The highest BCUT2D eigenvalue weighted by Gasteiger charge is 2.31. The number of hydrogen-bond acceptors (Lipinski definition) is 5. The zero-order valence-electron chi connectivity index (χ0n) is 13.3. The Bertz CT molecular complexity index is 456. The number of nitrogens with zero attached hydrogens (tertiary/aromatic N) is 3. The number of carbonyl (C=O) groups is 1.